The van der Waals surface area contributed by atoms with Crippen LogP contribution >= 0.6 is 0 Å². The van der Waals surface area contributed by atoms with Gasteiger partial charge in [-0.05, 0) is 30.7 Å². The van der Waals surface area contributed by atoms with Crippen molar-refractivity contribution >= 4 is 5.91 Å². The zero-order chi connectivity index (χ0) is 15.1. The van der Waals surface area contributed by atoms with Crippen molar-refractivity contribution in [3.05, 3.63) is 52.8 Å². The molecule has 0 aliphatic heterocycles. The maximum atomic E-state index is 12.1. The number of hydrogen-bond acceptors (Lipinski definition) is 4. The topological polar surface area (TPSA) is 73.5 Å². The molecule has 0 aliphatic rings. The van der Waals surface area contributed by atoms with Crippen molar-refractivity contribution in [1.29, 1.82) is 0 Å². The van der Waals surface area contributed by atoms with Gasteiger partial charge in [0.15, 0.2) is 5.75 Å². The van der Waals surface area contributed by atoms with E-state index >= 15 is 0 Å². The normalized spacial score (nSPS) is 10.3. The van der Waals surface area contributed by atoms with Gasteiger partial charge >= 0.3 is 0 Å². The number of carbonyl (C=O) groups is 1. The average Bonchev–Trinajstić information content (AvgIpc) is 2.99. The number of nitrogens with one attached hydrogen (secondary N) is 1. The second kappa shape index (κ2) is 7.33. The molecular formula is C15H18N2O4. The summed E-state index contributed by atoms with van der Waals surface area (Å²) < 4.78 is 11.8. The Labute approximate surface area is 122 Å². The molecule has 0 atom stereocenters. The van der Waals surface area contributed by atoms with Crippen LogP contribution in [0.3, 0.4) is 0 Å². The first-order chi connectivity index (χ1) is 10.2. The Morgan fingerprint density at radius 2 is 2.24 bits per heavy atom. The minimum atomic E-state index is -0.306. The van der Waals surface area contributed by atoms with E-state index in [1.165, 1.54) is 4.57 Å². The monoisotopic (exact) mass is 290 g/mol. The molecule has 21 heavy (non-hydrogen) atoms. The number of nitrogens with zero attached hydrogens (tertiary/aromatic N) is 1. The summed E-state index contributed by atoms with van der Waals surface area (Å²) in [7, 11) is 0. The number of ether oxygens (including phenoxy) is 1. The Hall–Kier alpha value is -2.50. The fourth-order valence-corrected chi connectivity index (χ4v) is 1.77. The molecule has 0 spiro atoms. The summed E-state index contributed by atoms with van der Waals surface area (Å²) >= 11 is 0. The van der Waals surface area contributed by atoms with Crippen molar-refractivity contribution < 1.29 is 13.9 Å². The average molecular weight is 290 g/mol. The molecule has 2 aromatic rings. The van der Waals surface area contributed by atoms with Crippen molar-refractivity contribution in [2.45, 2.75) is 26.4 Å². The molecule has 6 heteroatoms. The first-order valence-corrected chi connectivity index (χ1v) is 6.82. The zero-order valence-electron chi connectivity index (χ0n) is 11.9. The van der Waals surface area contributed by atoms with Crippen LogP contribution < -0.4 is 15.6 Å². The van der Waals surface area contributed by atoms with Crippen LogP contribution in [0.4, 0.5) is 0 Å². The number of aromatic nitrogens is 1. The van der Waals surface area contributed by atoms with Crippen LogP contribution in [0.15, 0.2) is 45.9 Å². The van der Waals surface area contributed by atoms with Crippen molar-refractivity contribution in [2.24, 2.45) is 0 Å². The summed E-state index contributed by atoms with van der Waals surface area (Å²) in [5.41, 5.74) is -0.306. The highest BCUT2D eigenvalue weighted by Gasteiger charge is 2.08. The fourth-order valence-electron chi connectivity index (χ4n) is 1.77. The molecular weight excluding hydrogens is 272 g/mol. The summed E-state index contributed by atoms with van der Waals surface area (Å²) in [6.07, 6.45) is 3.92. The third-order valence-electron chi connectivity index (χ3n) is 2.80. The van der Waals surface area contributed by atoms with Crippen LogP contribution in [0, 0.1) is 0 Å². The number of furan rings is 1. The van der Waals surface area contributed by atoms with Crippen LogP contribution in [-0.2, 0) is 17.9 Å². The van der Waals surface area contributed by atoms with E-state index in [0.717, 1.165) is 6.42 Å². The highest BCUT2D eigenvalue weighted by molar-refractivity contribution is 5.75. The van der Waals surface area contributed by atoms with Gasteiger partial charge in [-0.25, -0.2) is 0 Å². The lowest BCUT2D eigenvalue weighted by Gasteiger charge is -2.09. The lowest BCUT2D eigenvalue weighted by molar-refractivity contribution is -0.121. The summed E-state index contributed by atoms with van der Waals surface area (Å²) in [5, 5.41) is 2.69. The van der Waals surface area contributed by atoms with Gasteiger partial charge in [0.25, 0.3) is 5.56 Å². The Morgan fingerprint density at radius 3 is 2.95 bits per heavy atom. The van der Waals surface area contributed by atoms with Crippen LogP contribution in [0.25, 0.3) is 0 Å². The van der Waals surface area contributed by atoms with Crippen LogP contribution in [0.2, 0.25) is 0 Å². The van der Waals surface area contributed by atoms with E-state index in [1.807, 2.05) is 6.92 Å². The molecule has 2 heterocycles. The quantitative estimate of drug-likeness (QED) is 0.839. The predicted octanol–water partition coefficient (Wildman–Crippen LogP) is 1.55. The Bertz CT molecular complexity index is 631. The van der Waals surface area contributed by atoms with Gasteiger partial charge in [-0.15, -0.1) is 0 Å². The molecule has 0 bridgehead atoms. The summed E-state index contributed by atoms with van der Waals surface area (Å²) in [5.74, 6) is 0.662. The molecule has 0 aliphatic carbocycles. The molecule has 0 saturated heterocycles. The summed E-state index contributed by atoms with van der Waals surface area (Å²) in [6.45, 7) is 2.68. The molecule has 0 radical (unpaired) electrons. The van der Waals surface area contributed by atoms with E-state index in [-0.39, 0.29) is 23.8 Å². The van der Waals surface area contributed by atoms with Gasteiger partial charge in [0, 0.05) is 6.20 Å². The maximum absolute atomic E-state index is 12.1. The van der Waals surface area contributed by atoms with E-state index in [9.17, 15) is 9.59 Å². The first kappa shape index (κ1) is 14.9. The third kappa shape index (κ3) is 4.24. The van der Waals surface area contributed by atoms with Gasteiger partial charge < -0.3 is 19.0 Å². The number of carbonyl (C=O) groups excluding carboxylic acids is 1. The zero-order valence-corrected chi connectivity index (χ0v) is 11.9. The molecule has 2 rings (SSSR count). The largest absolute Gasteiger partial charge is 0.488 e. The maximum Gasteiger partial charge on any atom is 0.293 e. The second-order valence-corrected chi connectivity index (χ2v) is 4.51. The van der Waals surface area contributed by atoms with E-state index in [1.54, 1.807) is 36.7 Å². The summed E-state index contributed by atoms with van der Waals surface area (Å²) in [4.78, 5) is 23.9. The predicted molar refractivity (Wildman–Crippen MR) is 77.0 cm³/mol. The molecule has 0 unspecified atom stereocenters. The molecule has 6 nitrogen and oxygen atoms in total. The number of amides is 1. The lowest BCUT2D eigenvalue weighted by Crippen LogP contribution is -2.32. The first-order valence-electron chi connectivity index (χ1n) is 6.82. The van der Waals surface area contributed by atoms with E-state index < -0.39 is 0 Å². The van der Waals surface area contributed by atoms with Crippen molar-refractivity contribution in [2.75, 3.05) is 6.61 Å². The van der Waals surface area contributed by atoms with E-state index in [0.29, 0.717) is 18.9 Å². The summed E-state index contributed by atoms with van der Waals surface area (Å²) in [6, 6.07) is 6.81. The smallest absolute Gasteiger partial charge is 0.293 e. The second-order valence-electron chi connectivity index (χ2n) is 4.51. The van der Waals surface area contributed by atoms with Crippen LogP contribution in [0.5, 0.6) is 5.75 Å². The lowest BCUT2D eigenvalue weighted by atomic mass is 10.4. The molecule has 1 N–H and O–H groups in total. The molecule has 2 aromatic heterocycles. The minimum absolute atomic E-state index is 0.0527. The highest BCUT2D eigenvalue weighted by Crippen LogP contribution is 2.03. The van der Waals surface area contributed by atoms with Crippen molar-refractivity contribution in [3.63, 3.8) is 0 Å². The van der Waals surface area contributed by atoms with Gasteiger partial charge in [0.2, 0.25) is 5.91 Å². The van der Waals surface area contributed by atoms with Crippen LogP contribution in [-0.4, -0.2) is 17.1 Å². The van der Waals surface area contributed by atoms with Gasteiger partial charge in [0.05, 0.1) is 19.4 Å². The third-order valence-corrected chi connectivity index (χ3v) is 2.80. The standard InChI is InChI=1S/C15H18N2O4/c1-2-8-21-13-6-3-7-17(15(13)19)11-14(18)16-10-12-5-4-9-20-12/h3-7,9H,2,8,10-11H2,1H3,(H,16,18). The molecule has 0 saturated carbocycles. The number of pyridine rings is 1. The molecule has 0 fully saturated rings. The van der Waals surface area contributed by atoms with Crippen molar-refractivity contribution in [1.82, 2.24) is 9.88 Å². The van der Waals surface area contributed by atoms with Gasteiger partial charge in [-0.2, -0.15) is 0 Å². The molecule has 112 valence electrons. The SMILES string of the molecule is CCCOc1cccn(CC(=O)NCc2ccco2)c1=O. The fraction of sp³-hybridized carbons (Fsp3) is 0.333. The van der Waals surface area contributed by atoms with Gasteiger partial charge in [0.1, 0.15) is 12.3 Å². The Balaban J connectivity index is 1.95. The van der Waals surface area contributed by atoms with Gasteiger partial charge in [-0.3, -0.25) is 9.59 Å². The highest BCUT2D eigenvalue weighted by atomic mass is 16.5. The molecule has 0 aromatic carbocycles. The molecule has 1 amide bonds. The van der Waals surface area contributed by atoms with E-state index in [2.05, 4.69) is 5.32 Å². The van der Waals surface area contributed by atoms with Gasteiger partial charge in [-0.1, -0.05) is 6.92 Å². The Kier molecular flexibility index (Phi) is 5.20. The Morgan fingerprint density at radius 1 is 1.38 bits per heavy atom. The number of hydrogen-bond donors (Lipinski definition) is 1. The minimum Gasteiger partial charge on any atom is -0.488 e. The van der Waals surface area contributed by atoms with Crippen LogP contribution in [0.1, 0.15) is 19.1 Å². The van der Waals surface area contributed by atoms with Crippen molar-refractivity contribution in [3.8, 4) is 5.75 Å². The number of rotatable bonds is 7. The van der Waals surface area contributed by atoms with E-state index in [4.69, 9.17) is 9.15 Å².